The molecule has 0 unspecified atom stereocenters. The van der Waals surface area contributed by atoms with E-state index in [1.807, 2.05) is 36.4 Å². The molecule has 1 amide bonds. The first kappa shape index (κ1) is 20.1. The summed E-state index contributed by atoms with van der Waals surface area (Å²) in [6.45, 7) is 0.222. The molecule has 3 aromatic rings. The van der Waals surface area contributed by atoms with Gasteiger partial charge in [0.15, 0.2) is 11.5 Å². The van der Waals surface area contributed by atoms with Gasteiger partial charge in [0.25, 0.3) is 5.91 Å². The van der Waals surface area contributed by atoms with Crippen LogP contribution in [-0.2, 0) is 6.61 Å². The van der Waals surface area contributed by atoms with Gasteiger partial charge >= 0.3 is 0 Å². The van der Waals surface area contributed by atoms with Crippen LogP contribution in [0.3, 0.4) is 0 Å². The number of rotatable bonds is 8. The standard InChI is InChI=1S/C23H23NO5/c1-26-19-13-12-16(23(25)24-18-8-4-5-9-20(18)27-2)14-17(19)15-29-22-11-7-6-10-21(22)28-3/h4-14H,15H2,1-3H3,(H,24,25). The monoisotopic (exact) mass is 393 g/mol. The quantitative estimate of drug-likeness (QED) is 0.608. The molecule has 6 heteroatoms. The van der Waals surface area contributed by atoms with Gasteiger partial charge in [-0.3, -0.25) is 4.79 Å². The molecule has 0 fully saturated rings. The lowest BCUT2D eigenvalue weighted by Gasteiger charge is -2.14. The molecule has 0 aliphatic rings. The van der Waals surface area contributed by atoms with E-state index in [1.54, 1.807) is 51.7 Å². The van der Waals surface area contributed by atoms with Crippen LogP contribution >= 0.6 is 0 Å². The lowest BCUT2D eigenvalue weighted by Crippen LogP contribution is -2.13. The molecule has 0 saturated heterocycles. The van der Waals surface area contributed by atoms with Crippen molar-refractivity contribution >= 4 is 11.6 Å². The SMILES string of the molecule is COc1ccc(C(=O)Nc2ccccc2OC)cc1COc1ccccc1OC. The van der Waals surface area contributed by atoms with Crippen molar-refractivity contribution in [3.05, 3.63) is 77.9 Å². The average Bonchev–Trinajstić information content (AvgIpc) is 2.77. The second-order valence-corrected chi connectivity index (χ2v) is 6.12. The van der Waals surface area contributed by atoms with Gasteiger partial charge in [-0.15, -0.1) is 0 Å². The van der Waals surface area contributed by atoms with Crippen LogP contribution in [-0.4, -0.2) is 27.2 Å². The second kappa shape index (κ2) is 9.50. The van der Waals surface area contributed by atoms with Crippen LogP contribution in [0.5, 0.6) is 23.0 Å². The minimum absolute atomic E-state index is 0.222. The Morgan fingerprint density at radius 3 is 2.07 bits per heavy atom. The van der Waals surface area contributed by atoms with Crippen molar-refractivity contribution in [3.8, 4) is 23.0 Å². The molecule has 0 bridgehead atoms. The number of anilines is 1. The zero-order chi connectivity index (χ0) is 20.6. The van der Waals surface area contributed by atoms with Crippen molar-refractivity contribution in [2.45, 2.75) is 6.61 Å². The maximum atomic E-state index is 12.7. The van der Waals surface area contributed by atoms with Gasteiger partial charge in [0, 0.05) is 11.1 Å². The fraction of sp³-hybridized carbons (Fsp3) is 0.174. The maximum absolute atomic E-state index is 12.7. The van der Waals surface area contributed by atoms with Crippen molar-refractivity contribution in [3.63, 3.8) is 0 Å². The third kappa shape index (κ3) is 4.79. The summed E-state index contributed by atoms with van der Waals surface area (Å²) >= 11 is 0. The van der Waals surface area contributed by atoms with Gasteiger partial charge in [0.1, 0.15) is 18.1 Å². The highest BCUT2D eigenvalue weighted by atomic mass is 16.5. The van der Waals surface area contributed by atoms with Gasteiger partial charge in [-0.1, -0.05) is 24.3 Å². The molecule has 150 valence electrons. The number of benzene rings is 3. The number of hydrogen-bond donors (Lipinski definition) is 1. The molecule has 3 aromatic carbocycles. The second-order valence-electron chi connectivity index (χ2n) is 6.12. The zero-order valence-corrected chi connectivity index (χ0v) is 16.6. The highest BCUT2D eigenvalue weighted by Gasteiger charge is 2.14. The summed E-state index contributed by atoms with van der Waals surface area (Å²) in [7, 11) is 4.73. The number of carbonyl (C=O) groups is 1. The van der Waals surface area contributed by atoms with Crippen molar-refractivity contribution < 1.29 is 23.7 Å². The van der Waals surface area contributed by atoms with E-state index < -0.39 is 0 Å². The molecule has 3 rings (SSSR count). The van der Waals surface area contributed by atoms with Crippen LogP contribution in [0.2, 0.25) is 0 Å². The summed E-state index contributed by atoms with van der Waals surface area (Å²) in [6, 6.07) is 19.8. The van der Waals surface area contributed by atoms with Crippen LogP contribution in [0.1, 0.15) is 15.9 Å². The molecule has 1 N–H and O–H groups in total. The van der Waals surface area contributed by atoms with E-state index >= 15 is 0 Å². The van der Waals surface area contributed by atoms with Crippen LogP contribution in [0.25, 0.3) is 0 Å². The summed E-state index contributed by atoms with van der Waals surface area (Å²) in [4.78, 5) is 12.7. The number of para-hydroxylation sites is 4. The summed E-state index contributed by atoms with van der Waals surface area (Å²) in [5.74, 6) is 2.22. The Balaban J connectivity index is 1.80. The van der Waals surface area contributed by atoms with E-state index in [-0.39, 0.29) is 12.5 Å². The topological polar surface area (TPSA) is 66.0 Å². The summed E-state index contributed by atoms with van der Waals surface area (Å²) < 4.78 is 21.9. The van der Waals surface area contributed by atoms with Crippen LogP contribution in [0, 0.1) is 0 Å². The van der Waals surface area contributed by atoms with E-state index in [0.717, 1.165) is 5.56 Å². The highest BCUT2D eigenvalue weighted by molar-refractivity contribution is 6.05. The van der Waals surface area contributed by atoms with Crippen molar-refractivity contribution in [1.82, 2.24) is 0 Å². The molecule has 0 aliphatic heterocycles. The van der Waals surface area contributed by atoms with Crippen LogP contribution < -0.4 is 24.3 Å². The fourth-order valence-electron chi connectivity index (χ4n) is 2.87. The van der Waals surface area contributed by atoms with E-state index in [2.05, 4.69) is 5.32 Å². The minimum atomic E-state index is -0.254. The van der Waals surface area contributed by atoms with Crippen molar-refractivity contribution in [2.24, 2.45) is 0 Å². The Morgan fingerprint density at radius 2 is 1.38 bits per heavy atom. The number of ether oxygens (including phenoxy) is 4. The zero-order valence-electron chi connectivity index (χ0n) is 16.6. The number of nitrogens with one attached hydrogen (secondary N) is 1. The Kier molecular flexibility index (Phi) is 6.58. The van der Waals surface area contributed by atoms with Gasteiger partial charge in [-0.2, -0.15) is 0 Å². The van der Waals surface area contributed by atoms with Gasteiger partial charge in [0.2, 0.25) is 0 Å². The van der Waals surface area contributed by atoms with E-state index in [1.165, 1.54) is 0 Å². The lowest BCUT2D eigenvalue weighted by atomic mass is 10.1. The Bertz CT molecular complexity index is 987. The third-order valence-electron chi connectivity index (χ3n) is 4.35. The number of carbonyl (C=O) groups excluding carboxylic acids is 1. The molecule has 0 aliphatic carbocycles. The molecular weight excluding hydrogens is 370 g/mol. The van der Waals surface area contributed by atoms with Gasteiger partial charge in [-0.25, -0.2) is 0 Å². The van der Waals surface area contributed by atoms with Gasteiger partial charge in [0.05, 0.1) is 27.0 Å². The van der Waals surface area contributed by atoms with E-state index in [4.69, 9.17) is 18.9 Å². The fourth-order valence-corrected chi connectivity index (χ4v) is 2.87. The molecule has 0 aromatic heterocycles. The smallest absolute Gasteiger partial charge is 0.255 e. The Hall–Kier alpha value is -3.67. The average molecular weight is 393 g/mol. The number of methoxy groups -OCH3 is 3. The highest BCUT2D eigenvalue weighted by Crippen LogP contribution is 2.29. The molecule has 6 nitrogen and oxygen atoms in total. The molecular formula is C23H23NO5. The summed E-state index contributed by atoms with van der Waals surface area (Å²) in [5.41, 5.74) is 1.82. The normalized spacial score (nSPS) is 10.2. The molecule has 0 atom stereocenters. The minimum Gasteiger partial charge on any atom is -0.496 e. The van der Waals surface area contributed by atoms with Gasteiger partial charge < -0.3 is 24.3 Å². The first-order valence-corrected chi connectivity index (χ1v) is 9.03. The Labute approximate surface area is 170 Å². The first-order chi connectivity index (χ1) is 14.2. The molecule has 0 radical (unpaired) electrons. The predicted octanol–water partition coefficient (Wildman–Crippen LogP) is 4.54. The van der Waals surface area contributed by atoms with Crippen molar-refractivity contribution in [2.75, 3.05) is 26.6 Å². The number of hydrogen-bond acceptors (Lipinski definition) is 5. The lowest BCUT2D eigenvalue weighted by molar-refractivity contribution is 0.102. The van der Waals surface area contributed by atoms with E-state index in [9.17, 15) is 4.79 Å². The van der Waals surface area contributed by atoms with Crippen molar-refractivity contribution in [1.29, 1.82) is 0 Å². The molecule has 0 spiro atoms. The third-order valence-corrected chi connectivity index (χ3v) is 4.35. The Morgan fingerprint density at radius 1 is 0.759 bits per heavy atom. The molecule has 29 heavy (non-hydrogen) atoms. The van der Waals surface area contributed by atoms with Gasteiger partial charge in [-0.05, 0) is 42.5 Å². The van der Waals surface area contributed by atoms with Crippen LogP contribution in [0.4, 0.5) is 5.69 Å². The number of amides is 1. The maximum Gasteiger partial charge on any atom is 0.255 e. The van der Waals surface area contributed by atoms with E-state index in [0.29, 0.717) is 34.2 Å². The predicted molar refractivity (Wildman–Crippen MR) is 111 cm³/mol. The van der Waals surface area contributed by atoms with Crippen LogP contribution in [0.15, 0.2) is 66.7 Å². The first-order valence-electron chi connectivity index (χ1n) is 9.03. The molecule has 0 heterocycles. The molecule has 0 saturated carbocycles. The summed E-state index contributed by atoms with van der Waals surface area (Å²) in [5, 5.41) is 2.87. The summed E-state index contributed by atoms with van der Waals surface area (Å²) in [6.07, 6.45) is 0. The largest absolute Gasteiger partial charge is 0.496 e.